The van der Waals surface area contributed by atoms with E-state index in [4.69, 9.17) is 11.5 Å². The molecule has 2 aromatic heterocycles. The molecular weight excluding hydrogens is 216 g/mol. The number of nitrogens with zero attached hydrogens (tertiary/aromatic N) is 4. The van der Waals surface area contributed by atoms with Crippen molar-refractivity contribution in [3.05, 3.63) is 23.8 Å². The zero-order valence-electron chi connectivity index (χ0n) is 7.62. The molecule has 0 radical (unpaired) electrons. The Morgan fingerprint density at radius 3 is 2.93 bits per heavy atom. The Morgan fingerprint density at radius 2 is 2.40 bits per heavy atom. The molecule has 8 heteroatoms. The largest absolute Gasteiger partial charge is 0.396 e. The van der Waals surface area contributed by atoms with Crippen molar-refractivity contribution >= 4 is 23.3 Å². The first-order valence-electron chi connectivity index (χ1n) is 4.06. The third kappa shape index (κ3) is 1.94. The van der Waals surface area contributed by atoms with Gasteiger partial charge in [0, 0.05) is 6.20 Å². The number of primary amides is 1. The molecule has 2 rings (SSSR count). The summed E-state index contributed by atoms with van der Waals surface area (Å²) < 4.78 is 9.36. The van der Waals surface area contributed by atoms with E-state index in [9.17, 15) is 4.79 Å². The molecule has 0 atom stereocenters. The number of hydrogen-bond acceptors (Lipinski definition) is 6. The van der Waals surface area contributed by atoms with Crippen molar-refractivity contribution < 1.29 is 4.79 Å². The summed E-state index contributed by atoms with van der Waals surface area (Å²) in [5.41, 5.74) is 11.7. The highest BCUT2D eigenvalue weighted by molar-refractivity contribution is 6.99. The maximum atomic E-state index is 10.9. The van der Waals surface area contributed by atoms with E-state index in [1.807, 2.05) is 0 Å². The van der Waals surface area contributed by atoms with Gasteiger partial charge < -0.3 is 11.5 Å². The SMILES string of the molecule is NC(=O)c1nn(Cc2cnsn2)cc1N. The summed E-state index contributed by atoms with van der Waals surface area (Å²) in [6.45, 7) is 0.425. The van der Waals surface area contributed by atoms with Gasteiger partial charge in [-0.2, -0.15) is 13.8 Å². The van der Waals surface area contributed by atoms with Gasteiger partial charge in [0.15, 0.2) is 5.69 Å². The molecule has 0 bridgehead atoms. The summed E-state index contributed by atoms with van der Waals surface area (Å²) in [6, 6.07) is 0. The topological polar surface area (TPSA) is 113 Å². The summed E-state index contributed by atoms with van der Waals surface area (Å²) in [5, 5.41) is 3.94. The van der Waals surface area contributed by atoms with Crippen LogP contribution in [0.15, 0.2) is 12.4 Å². The maximum absolute atomic E-state index is 10.9. The fourth-order valence-corrected chi connectivity index (χ4v) is 1.55. The Morgan fingerprint density at radius 1 is 1.60 bits per heavy atom. The van der Waals surface area contributed by atoms with Gasteiger partial charge in [-0.15, -0.1) is 0 Å². The Hall–Kier alpha value is -1.96. The average molecular weight is 224 g/mol. The lowest BCUT2D eigenvalue weighted by molar-refractivity contribution is 0.0995. The van der Waals surface area contributed by atoms with Crippen LogP contribution in [0.25, 0.3) is 0 Å². The van der Waals surface area contributed by atoms with Gasteiger partial charge in [0.25, 0.3) is 5.91 Å². The monoisotopic (exact) mass is 224 g/mol. The van der Waals surface area contributed by atoms with Gasteiger partial charge in [0.1, 0.15) is 0 Å². The lowest BCUT2D eigenvalue weighted by atomic mass is 10.4. The highest BCUT2D eigenvalue weighted by Gasteiger charge is 2.11. The smallest absolute Gasteiger partial charge is 0.271 e. The van der Waals surface area contributed by atoms with Gasteiger partial charge in [0.05, 0.1) is 35.9 Å². The number of carbonyl (C=O) groups excluding carboxylic acids is 1. The van der Waals surface area contributed by atoms with Crippen LogP contribution in [0.2, 0.25) is 0 Å². The number of carbonyl (C=O) groups is 1. The molecule has 78 valence electrons. The van der Waals surface area contributed by atoms with Crippen LogP contribution in [0.4, 0.5) is 5.69 Å². The van der Waals surface area contributed by atoms with Crippen molar-refractivity contribution in [2.24, 2.45) is 5.73 Å². The molecule has 7 nitrogen and oxygen atoms in total. The molecule has 0 aromatic carbocycles. The quantitative estimate of drug-likeness (QED) is 0.727. The van der Waals surface area contributed by atoms with E-state index >= 15 is 0 Å². The molecule has 0 aliphatic rings. The standard InChI is InChI=1S/C7H8N6OS/c8-5-3-13(11-6(5)7(9)14)2-4-1-10-15-12-4/h1,3H,2,8H2,(H2,9,14). The van der Waals surface area contributed by atoms with Crippen LogP contribution >= 0.6 is 11.7 Å². The van der Waals surface area contributed by atoms with Crippen LogP contribution in [0, 0.1) is 0 Å². The van der Waals surface area contributed by atoms with Crippen molar-refractivity contribution in [3.63, 3.8) is 0 Å². The van der Waals surface area contributed by atoms with Crippen LogP contribution in [-0.4, -0.2) is 24.4 Å². The number of hydrogen-bond donors (Lipinski definition) is 2. The highest BCUT2D eigenvalue weighted by Crippen LogP contribution is 2.09. The Balaban J connectivity index is 2.23. The molecule has 0 saturated carbocycles. The summed E-state index contributed by atoms with van der Waals surface area (Å²) >= 11 is 1.11. The second-order valence-electron chi connectivity index (χ2n) is 2.89. The summed E-state index contributed by atoms with van der Waals surface area (Å²) in [6.07, 6.45) is 3.17. The van der Waals surface area contributed by atoms with Gasteiger partial charge in [-0.05, 0) is 0 Å². The number of aromatic nitrogens is 4. The molecule has 0 spiro atoms. The van der Waals surface area contributed by atoms with Crippen molar-refractivity contribution in [1.29, 1.82) is 0 Å². The van der Waals surface area contributed by atoms with Gasteiger partial charge in [0.2, 0.25) is 0 Å². The molecule has 0 fully saturated rings. The fourth-order valence-electron chi connectivity index (χ4n) is 1.13. The van der Waals surface area contributed by atoms with E-state index < -0.39 is 5.91 Å². The Kier molecular flexibility index (Phi) is 2.34. The molecule has 4 N–H and O–H groups in total. The average Bonchev–Trinajstić information content (AvgIpc) is 2.75. The van der Waals surface area contributed by atoms with Crippen molar-refractivity contribution in [2.75, 3.05) is 5.73 Å². The summed E-state index contributed by atoms with van der Waals surface area (Å²) in [7, 11) is 0. The van der Waals surface area contributed by atoms with Gasteiger partial charge in [-0.3, -0.25) is 9.48 Å². The normalized spacial score (nSPS) is 10.4. The number of amides is 1. The second kappa shape index (κ2) is 3.65. The zero-order chi connectivity index (χ0) is 10.8. The Labute approximate surface area is 89.0 Å². The third-order valence-electron chi connectivity index (χ3n) is 1.75. The first-order chi connectivity index (χ1) is 7.16. The highest BCUT2D eigenvalue weighted by atomic mass is 32.1. The molecule has 0 saturated heterocycles. The second-order valence-corrected chi connectivity index (χ2v) is 3.45. The van der Waals surface area contributed by atoms with Crippen molar-refractivity contribution in [3.8, 4) is 0 Å². The lowest BCUT2D eigenvalue weighted by Crippen LogP contribution is -2.14. The molecule has 2 aromatic rings. The maximum Gasteiger partial charge on any atom is 0.271 e. The van der Waals surface area contributed by atoms with E-state index in [1.165, 1.54) is 4.68 Å². The molecule has 1 amide bonds. The number of anilines is 1. The molecule has 0 aliphatic carbocycles. The molecule has 2 heterocycles. The predicted molar refractivity (Wildman–Crippen MR) is 54.2 cm³/mol. The number of nitrogens with two attached hydrogens (primary N) is 2. The zero-order valence-corrected chi connectivity index (χ0v) is 8.44. The molecule has 15 heavy (non-hydrogen) atoms. The van der Waals surface area contributed by atoms with Gasteiger partial charge in [-0.25, -0.2) is 0 Å². The lowest BCUT2D eigenvalue weighted by Gasteiger charge is -1.94. The van der Waals surface area contributed by atoms with E-state index in [-0.39, 0.29) is 11.4 Å². The van der Waals surface area contributed by atoms with Crippen LogP contribution in [-0.2, 0) is 6.54 Å². The van der Waals surface area contributed by atoms with E-state index in [0.717, 1.165) is 17.4 Å². The van der Waals surface area contributed by atoms with Crippen LogP contribution in [0.5, 0.6) is 0 Å². The van der Waals surface area contributed by atoms with Crippen LogP contribution in [0.1, 0.15) is 16.2 Å². The van der Waals surface area contributed by atoms with E-state index in [1.54, 1.807) is 12.4 Å². The third-order valence-corrected chi connectivity index (χ3v) is 2.27. The van der Waals surface area contributed by atoms with Gasteiger partial charge >= 0.3 is 0 Å². The minimum Gasteiger partial charge on any atom is -0.396 e. The van der Waals surface area contributed by atoms with Crippen molar-refractivity contribution in [2.45, 2.75) is 6.54 Å². The number of rotatable bonds is 3. The van der Waals surface area contributed by atoms with Crippen molar-refractivity contribution in [1.82, 2.24) is 18.5 Å². The Bertz CT molecular complexity index is 476. The van der Waals surface area contributed by atoms with Crippen LogP contribution in [0.3, 0.4) is 0 Å². The van der Waals surface area contributed by atoms with Gasteiger partial charge in [-0.1, -0.05) is 0 Å². The number of nitrogen functional groups attached to an aromatic ring is 1. The molecular formula is C7H8N6OS. The first kappa shape index (κ1) is 9.59. The summed E-state index contributed by atoms with van der Waals surface area (Å²) in [5.74, 6) is -0.636. The fraction of sp³-hybridized carbons (Fsp3) is 0.143. The van der Waals surface area contributed by atoms with E-state index in [2.05, 4.69) is 13.8 Å². The minimum absolute atomic E-state index is 0.0817. The minimum atomic E-state index is -0.636. The summed E-state index contributed by atoms with van der Waals surface area (Å²) in [4.78, 5) is 10.9. The molecule has 0 aliphatic heterocycles. The van der Waals surface area contributed by atoms with E-state index in [0.29, 0.717) is 6.54 Å². The predicted octanol–water partition coefficient (Wildman–Crippen LogP) is -0.536. The van der Waals surface area contributed by atoms with Crippen LogP contribution < -0.4 is 11.5 Å². The molecule has 0 unspecified atom stereocenters. The first-order valence-corrected chi connectivity index (χ1v) is 4.79.